The summed E-state index contributed by atoms with van der Waals surface area (Å²) in [5.41, 5.74) is 7.15. The number of nitrogens with two attached hydrogens (primary N) is 1. The van der Waals surface area contributed by atoms with Crippen molar-refractivity contribution in [2.24, 2.45) is 5.73 Å². The molecule has 0 amide bonds. The van der Waals surface area contributed by atoms with Crippen LogP contribution in [0.4, 0.5) is 8.78 Å². The summed E-state index contributed by atoms with van der Waals surface area (Å²) in [6, 6.07) is 4.93. The second kappa shape index (κ2) is 4.90. The van der Waals surface area contributed by atoms with Crippen LogP contribution in [0.5, 0.6) is 0 Å². The van der Waals surface area contributed by atoms with E-state index in [0.29, 0.717) is 5.56 Å². The highest BCUT2D eigenvalue weighted by molar-refractivity contribution is 6.46. The molecule has 6 heteroatoms. The molecule has 2 N–H and O–H groups in total. The van der Waals surface area contributed by atoms with E-state index in [0.717, 1.165) is 12.0 Å². The fourth-order valence-electron chi connectivity index (χ4n) is 3.02. The first-order valence-electron chi connectivity index (χ1n) is 7.14. The first kappa shape index (κ1) is 14.7. The Kier molecular flexibility index (Phi) is 3.27. The zero-order valence-corrected chi connectivity index (χ0v) is 12.2. The molecule has 0 radical (unpaired) electrons. The Bertz CT molecular complexity index is 710. The first-order chi connectivity index (χ1) is 10.3. The molecule has 0 saturated heterocycles. The van der Waals surface area contributed by atoms with Crippen LogP contribution in [-0.4, -0.2) is 23.0 Å². The van der Waals surface area contributed by atoms with Gasteiger partial charge < -0.3 is 10.6 Å². The van der Waals surface area contributed by atoms with Crippen LogP contribution in [0.25, 0.3) is 0 Å². The number of benzene rings is 1. The number of nitrogens with zero attached hydrogens (tertiary/aromatic N) is 1. The van der Waals surface area contributed by atoms with E-state index in [2.05, 4.69) is 0 Å². The van der Waals surface area contributed by atoms with E-state index in [4.69, 9.17) is 5.73 Å². The maximum atomic E-state index is 14.4. The molecule has 1 aromatic carbocycles. The Morgan fingerprint density at radius 3 is 2.64 bits per heavy atom. The van der Waals surface area contributed by atoms with Gasteiger partial charge in [-0.15, -0.1) is 0 Å². The lowest BCUT2D eigenvalue weighted by Crippen LogP contribution is -2.40. The highest BCUT2D eigenvalue weighted by atomic mass is 19.3. The van der Waals surface area contributed by atoms with Crippen molar-refractivity contribution in [2.75, 3.05) is 6.54 Å². The van der Waals surface area contributed by atoms with Gasteiger partial charge in [0.15, 0.2) is 0 Å². The molecule has 0 atom stereocenters. The Hall–Kier alpha value is -2.24. The number of carbonyl (C=O) groups excluding carboxylic acids is 2. The molecule has 1 aliphatic carbocycles. The van der Waals surface area contributed by atoms with Crippen molar-refractivity contribution in [2.45, 2.75) is 32.2 Å². The SMILES string of the molecule is CCc1ccc2c(c1)CN(C1=C(N)C(=O)C(=O)C1)CC2(F)F. The molecule has 1 aromatic rings. The quantitative estimate of drug-likeness (QED) is 0.847. The Morgan fingerprint density at radius 2 is 2.05 bits per heavy atom. The minimum absolute atomic E-state index is 0.00997. The molecule has 0 aromatic heterocycles. The summed E-state index contributed by atoms with van der Waals surface area (Å²) in [5, 5.41) is 0. The van der Waals surface area contributed by atoms with E-state index in [1.54, 1.807) is 12.1 Å². The molecular formula is C16H16F2N2O2. The largest absolute Gasteiger partial charge is 0.394 e. The number of alkyl halides is 2. The zero-order chi connectivity index (χ0) is 16.1. The van der Waals surface area contributed by atoms with Crippen LogP contribution in [-0.2, 0) is 28.5 Å². The summed E-state index contributed by atoms with van der Waals surface area (Å²) in [7, 11) is 0. The number of hydrogen-bond donors (Lipinski definition) is 1. The van der Waals surface area contributed by atoms with Crippen molar-refractivity contribution < 1.29 is 18.4 Å². The van der Waals surface area contributed by atoms with E-state index in [9.17, 15) is 18.4 Å². The zero-order valence-electron chi connectivity index (χ0n) is 12.2. The topological polar surface area (TPSA) is 63.4 Å². The standard InChI is InChI=1S/C16H16F2N2O2/c1-2-9-3-4-11-10(5-9)7-20(8-16(11,17)18)12-6-13(21)15(22)14(12)19/h3-5H,2,6-8,19H2,1H3. The summed E-state index contributed by atoms with van der Waals surface area (Å²) < 4.78 is 28.8. The maximum Gasteiger partial charge on any atom is 0.290 e. The number of fused-ring (bicyclic) bond motifs is 1. The van der Waals surface area contributed by atoms with Crippen molar-refractivity contribution in [1.29, 1.82) is 0 Å². The van der Waals surface area contributed by atoms with Gasteiger partial charge in [-0.2, -0.15) is 8.78 Å². The number of ketones is 2. The van der Waals surface area contributed by atoms with Crippen LogP contribution in [0.2, 0.25) is 0 Å². The first-order valence-corrected chi connectivity index (χ1v) is 7.14. The third kappa shape index (κ3) is 2.19. The Labute approximate surface area is 126 Å². The van der Waals surface area contributed by atoms with E-state index < -0.39 is 24.0 Å². The number of rotatable bonds is 2. The second-order valence-corrected chi connectivity index (χ2v) is 5.70. The van der Waals surface area contributed by atoms with Gasteiger partial charge in [-0.05, 0) is 17.5 Å². The highest BCUT2D eigenvalue weighted by Crippen LogP contribution is 2.39. The molecule has 4 nitrogen and oxygen atoms in total. The molecule has 3 rings (SSSR count). The lowest BCUT2D eigenvalue weighted by atomic mass is 9.93. The average Bonchev–Trinajstić information content (AvgIpc) is 2.73. The molecule has 0 saturated carbocycles. The molecule has 1 heterocycles. The third-order valence-electron chi connectivity index (χ3n) is 4.24. The summed E-state index contributed by atoms with van der Waals surface area (Å²) in [6.07, 6.45) is 0.560. The maximum absolute atomic E-state index is 14.4. The number of carbonyl (C=O) groups is 2. The van der Waals surface area contributed by atoms with Crippen LogP contribution in [0.1, 0.15) is 30.0 Å². The highest BCUT2D eigenvalue weighted by Gasteiger charge is 2.43. The lowest BCUT2D eigenvalue weighted by molar-refractivity contribution is -0.133. The average molecular weight is 306 g/mol. The molecule has 0 bridgehead atoms. The van der Waals surface area contributed by atoms with Gasteiger partial charge in [0.05, 0.1) is 13.0 Å². The van der Waals surface area contributed by atoms with Crippen LogP contribution >= 0.6 is 0 Å². The summed E-state index contributed by atoms with van der Waals surface area (Å²) >= 11 is 0. The van der Waals surface area contributed by atoms with Crippen LogP contribution in [0.15, 0.2) is 29.6 Å². The van der Waals surface area contributed by atoms with Gasteiger partial charge in [0.25, 0.3) is 5.92 Å². The number of hydrogen-bond acceptors (Lipinski definition) is 4. The molecule has 0 fully saturated rings. The fourth-order valence-corrected chi connectivity index (χ4v) is 3.02. The predicted octanol–water partition coefficient (Wildman–Crippen LogP) is 1.87. The summed E-state index contributed by atoms with van der Waals surface area (Å²) in [4.78, 5) is 24.3. The normalized spacial score (nSPS) is 20.6. The number of Topliss-reactive ketones (excluding diaryl/α,β-unsaturated/α-hetero) is 2. The molecular weight excluding hydrogens is 290 g/mol. The minimum Gasteiger partial charge on any atom is -0.394 e. The lowest BCUT2D eigenvalue weighted by Gasteiger charge is -2.36. The van der Waals surface area contributed by atoms with Crippen LogP contribution in [0, 0.1) is 0 Å². The summed E-state index contributed by atoms with van der Waals surface area (Å²) in [6.45, 7) is 1.62. The number of halogens is 2. The van der Waals surface area contributed by atoms with Gasteiger partial charge in [0.2, 0.25) is 11.6 Å². The molecule has 116 valence electrons. The van der Waals surface area contributed by atoms with Crippen molar-refractivity contribution in [3.63, 3.8) is 0 Å². The fraction of sp³-hybridized carbons (Fsp3) is 0.375. The molecule has 2 aliphatic rings. The third-order valence-corrected chi connectivity index (χ3v) is 4.24. The molecule has 0 spiro atoms. The van der Waals surface area contributed by atoms with Crippen molar-refractivity contribution in [3.05, 3.63) is 46.3 Å². The van der Waals surface area contributed by atoms with Crippen LogP contribution < -0.4 is 5.73 Å². The van der Waals surface area contributed by atoms with Gasteiger partial charge in [-0.3, -0.25) is 9.59 Å². The van der Waals surface area contributed by atoms with Gasteiger partial charge >= 0.3 is 0 Å². The van der Waals surface area contributed by atoms with Crippen molar-refractivity contribution in [1.82, 2.24) is 4.90 Å². The van der Waals surface area contributed by atoms with Gasteiger partial charge in [0, 0.05) is 17.8 Å². The smallest absolute Gasteiger partial charge is 0.290 e. The van der Waals surface area contributed by atoms with E-state index in [-0.39, 0.29) is 29.9 Å². The molecule has 1 aliphatic heterocycles. The molecule has 0 unspecified atom stereocenters. The van der Waals surface area contributed by atoms with Gasteiger partial charge in [0.1, 0.15) is 5.70 Å². The number of aryl methyl sites for hydroxylation is 1. The van der Waals surface area contributed by atoms with Gasteiger partial charge in [-0.25, -0.2) is 0 Å². The van der Waals surface area contributed by atoms with Crippen molar-refractivity contribution in [3.8, 4) is 0 Å². The Morgan fingerprint density at radius 1 is 1.32 bits per heavy atom. The Balaban J connectivity index is 2.01. The van der Waals surface area contributed by atoms with Gasteiger partial charge in [-0.1, -0.05) is 25.1 Å². The minimum atomic E-state index is -3.04. The monoisotopic (exact) mass is 306 g/mol. The summed E-state index contributed by atoms with van der Waals surface area (Å²) in [5.74, 6) is -4.45. The van der Waals surface area contributed by atoms with E-state index in [1.807, 2.05) is 6.92 Å². The van der Waals surface area contributed by atoms with E-state index >= 15 is 0 Å². The van der Waals surface area contributed by atoms with Crippen molar-refractivity contribution >= 4 is 11.6 Å². The predicted molar refractivity (Wildman–Crippen MR) is 76.0 cm³/mol. The second-order valence-electron chi connectivity index (χ2n) is 5.70. The van der Waals surface area contributed by atoms with E-state index in [1.165, 1.54) is 11.0 Å². The molecule has 22 heavy (non-hydrogen) atoms. The number of allylic oxidation sites excluding steroid dienone is 2. The van der Waals surface area contributed by atoms with Crippen LogP contribution in [0.3, 0.4) is 0 Å².